The fourth-order valence-corrected chi connectivity index (χ4v) is 2.72. The Labute approximate surface area is 164 Å². The second-order valence-electron chi connectivity index (χ2n) is 7.48. The molecule has 0 unspecified atom stereocenters. The standard InChI is InChI=1S/C20H25N3O5/c1-20(2,3)28-19(27)23-8-6-22(7-9-23)18(26)15(12-21)10-14-4-5-17(25)16(11-14)13-24/h4-5,10-11,24-25H,6-9,13H2,1-3H3/b15-10+. The van der Waals surface area contributed by atoms with Crippen LogP contribution >= 0.6 is 0 Å². The van der Waals surface area contributed by atoms with Crippen LogP contribution in [-0.4, -0.2) is 63.8 Å². The van der Waals surface area contributed by atoms with Gasteiger partial charge in [-0.05, 0) is 44.5 Å². The van der Waals surface area contributed by atoms with Crippen LogP contribution < -0.4 is 0 Å². The predicted octanol–water partition coefficient (Wildman–Crippen LogP) is 1.87. The van der Waals surface area contributed by atoms with E-state index in [-0.39, 0.29) is 17.9 Å². The third-order valence-corrected chi connectivity index (χ3v) is 4.15. The highest BCUT2D eigenvalue weighted by atomic mass is 16.6. The summed E-state index contributed by atoms with van der Waals surface area (Å²) in [6, 6.07) is 6.37. The van der Waals surface area contributed by atoms with Crippen LogP contribution in [0.5, 0.6) is 5.75 Å². The van der Waals surface area contributed by atoms with Crippen molar-refractivity contribution >= 4 is 18.1 Å². The van der Waals surface area contributed by atoms with Gasteiger partial charge in [0.15, 0.2) is 0 Å². The van der Waals surface area contributed by atoms with Gasteiger partial charge in [0.25, 0.3) is 5.91 Å². The lowest BCUT2D eigenvalue weighted by atomic mass is 10.1. The summed E-state index contributed by atoms with van der Waals surface area (Å²) in [7, 11) is 0. The summed E-state index contributed by atoms with van der Waals surface area (Å²) in [4.78, 5) is 27.8. The van der Waals surface area contributed by atoms with Crippen LogP contribution in [0.25, 0.3) is 6.08 Å². The maximum absolute atomic E-state index is 12.7. The summed E-state index contributed by atoms with van der Waals surface area (Å²) in [6.45, 7) is 6.28. The number of aliphatic hydroxyl groups excluding tert-OH is 1. The smallest absolute Gasteiger partial charge is 0.410 e. The van der Waals surface area contributed by atoms with Crippen LogP contribution in [0.15, 0.2) is 23.8 Å². The van der Waals surface area contributed by atoms with Crippen molar-refractivity contribution in [1.82, 2.24) is 9.80 Å². The number of carbonyl (C=O) groups excluding carboxylic acids is 2. The zero-order valence-corrected chi connectivity index (χ0v) is 16.3. The van der Waals surface area contributed by atoms with Crippen molar-refractivity contribution in [3.8, 4) is 11.8 Å². The minimum Gasteiger partial charge on any atom is -0.508 e. The SMILES string of the molecule is CC(C)(C)OC(=O)N1CCN(C(=O)/C(C#N)=C/c2ccc(O)c(CO)c2)CC1. The summed E-state index contributed by atoms with van der Waals surface area (Å²) in [5.41, 5.74) is 0.196. The summed E-state index contributed by atoms with van der Waals surface area (Å²) in [5, 5.41) is 28.2. The molecular weight excluding hydrogens is 362 g/mol. The molecule has 0 radical (unpaired) electrons. The molecule has 0 aliphatic carbocycles. The van der Waals surface area contributed by atoms with Crippen molar-refractivity contribution in [3.63, 3.8) is 0 Å². The number of aliphatic hydroxyl groups is 1. The highest BCUT2D eigenvalue weighted by Gasteiger charge is 2.28. The van der Waals surface area contributed by atoms with Gasteiger partial charge in [0.1, 0.15) is 23.0 Å². The van der Waals surface area contributed by atoms with E-state index in [4.69, 9.17) is 4.74 Å². The maximum Gasteiger partial charge on any atom is 0.410 e. The Bertz CT molecular complexity index is 812. The molecule has 0 spiro atoms. The molecule has 1 aromatic carbocycles. The van der Waals surface area contributed by atoms with Gasteiger partial charge in [0, 0.05) is 31.7 Å². The Kier molecular flexibility index (Phi) is 6.65. The molecule has 1 aliphatic heterocycles. The molecule has 0 aromatic heterocycles. The zero-order chi connectivity index (χ0) is 20.9. The Balaban J connectivity index is 2.05. The molecule has 1 saturated heterocycles. The Morgan fingerprint density at radius 2 is 1.82 bits per heavy atom. The van der Waals surface area contributed by atoms with Crippen molar-refractivity contribution in [3.05, 3.63) is 34.9 Å². The number of phenols is 1. The summed E-state index contributed by atoms with van der Waals surface area (Å²) in [6.07, 6.45) is 0.998. The average Bonchev–Trinajstić information content (AvgIpc) is 2.65. The van der Waals surface area contributed by atoms with Crippen molar-refractivity contribution in [2.24, 2.45) is 0 Å². The molecule has 0 bridgehead atoms. The molecular formula is C20H25N3O5. The molecule has 0 atom stereocenters. The van der Waals surface area contributed by atoms with Gasteiger partial charge in [0.2, 0.25) is 0 Å². The molecule has 1 aromatic rings. The zero-order valence-electron chi connectivity index (χ0n) is 16.3. The van der Waals surface area contributed by atoms with Gasteiger partial charge < -0.3 is 24.7 Å². The van der Waals surface area contributed by atoms with Crippen molar-refractivity contribution in [2.75, 3.05) is 26.2 Å². The fourth-order valence-electron chi connectivity index (χ4n) is 2.72. The molecule has 8 nitrogen and oxygen atoms in total. The van der Waals surface area contributed by atoms with E-state index in [0.29, 0.717) is 37.3 Å². The first kappa shape index (κ1) is 21.3. The number of benzene rings is 1. The van der Waals surface area contributed by atoms with E-state index in [9.17, 15) is 25.1 Å². The van der Waals surface area contributed by atoms with Crippen LogP contribution in [0.2, 0.25) is 0 Å². The van der Waals surface area contributed by atoms with Crippen LogP contribution in [0.4, 0.5) is 4.79 Å². The molecule has 2 rings (SSSR count). The minimum atomic E-state index is -0.585. The van der Waals surface area contributed by atoms with E-state index in [1.807, 2.05) is 6.07 Å². The van der Waals surface area contributed by atoms with Crippen molar-refractivity contribution in [1.29, 1.82) is 5.26 Å². The third-order valence-electron chi connectivity index (χ3n) is 4.15. The highest BCUT2D eigenvalue weighted by molar-refractivity contribution is 6.01. The summed E-state index contributed by atoms with van der Waals surface area (Å²) >= 11 is 0. The predicted molar refractivity (Wildman–Crippen MR) is 102 cm³/mol. The molecule has 2 amide bonds. The van der Waals surface area contributed by atoms with Crippen molar-refractivity contribution < 1.29 is 24.5 Å². The molecule has 8 heteroatoms. The number of hydrogen-bond donors (Lipinski definition) is 2. The Morgan fingerprint density at radius 3 is 2.36 bits per heavy atom. The van der Waals surface area contributed by atoms with Gasteiger partial charge in [-0.25, -0.2) is 4.79 Å². The summed E-state index contributed by atoms with van der Waals surface area (Å²) in [5.74, 6) is -0.479. The Morgan fingerprint density at radius 1 is 1.21 bits per heavy atom. The number of piperazine rings is 1. The molecule has 1 aliphatic rings. The van der Waals surface area contributed by atoms with Crippen LogP contribution in [-0.2, 0) is 16.1 Å². The third kappa shape index (κ3) is 5.47. The first-order chi connectivity index (χ1) is 13.1. The monoisotopic (exact) mass is 387 g/mol. The largest absolute Gasteiger partial charge is 0.508 e. The topological polar surface area (TPSA) is 114 Å². The number of nitriles is 1. The summed E-state index contributed by atoms with van der Waals surface area (Å²) < 4.78 is 5.33. The molecule has 0 saturated carbocycles. The number of rotatable bonds is 3. The first-order valence-corrected chi connectivity index (χ1v) is 8.96. The number of carbonyl (C=O) groups is 2. The number of hydrogen-bond acceptors (Lipinski definition) is 6. The van der Waals surface area contributed by atoms with Gasteiger partial charge in [-0.3, -0.25) is 4.79 Å². The fraction of sp³-hybridized carbons (Fsp3) is 0.450. The molecule has 150 valence electrons. The quantitative estimate of drug-likeness (QED) is 0.604. The van der Waals surface area contributed by atoms with Gasteiger partial charge in [-0.2, -0.15) is 5.26 Å². The first-order valence-electron chi connectivity index (χ1n) is 8.96. The van der Waals surface area contributed by atoms with Gasteiger partial charge >= 0.3 is 6.09 Å². The van der Waals surface area contributed by atoms with Crippen LogP contribution in [0, 0.1) is 11.3 Å². The second kappa shape index (κ2) is 8.76. The van der Waals surface area contributed by atoms with E-state index in [0.717, 1.165) is 0 Å². The van der Waals surface area contributed by atoms with E-state index in [1.165, 1.54) is 28.0 Å². The van der Waals surface area contributed by atoms with E-state index in [1.54, 1.807) is 26.8 Å². The lowest BCUT2D eigenvalue weighted by molar-refractivity contribution is -0.128. The van der Waals surface area contributed by atoms with Crippen molar-refractivity contribution in [2.45, 2.75) is 33.0 Å². The lowest BCUT2D eigenvalue weighted by Crippen LogP contribution is -2.51. The van der Waals surface area contributed by atoms with E-state index < -0.39 is 17.6 Å². The number of ether oxygens (including phenoxy) is 1. The normalized spacial score (nSPS) is 15.2. The molecule has 2 N–H and O–H groups in total. The van der Waals surface area contributed by atoms with E-state index >= 15 is 0 Å². The second-order valence-corrected chi connectivity index (χ2v) is 7.48. The highest BCUT2D eigenvalue weighted by Crippen LogP contribution is 2.21. The maximum atomic E-state index is 12.7. The van der Waals surface area contributed by atoms with Gasteiger partial charge in [-0.15, -0.1) is 0 Å². The van der Waals surface area contributed by atoms with Crippen LogP contribution in [0.3, 0.4) is 0 Å². The number of amides is 2. The number of aromatic hydroxyl groups is 1. The average molecular weight is 387 g/mol. The van der Waals surface area contributed by atoms with E-state index in [2.05, 4.69) is 0 Å². The molecule has 1 heterocycles. The van der Waals surface area contributed by atoms with Crippen LogP contribution in [0.1, 0.15) is 31.9 Å². The minimum absolute atomic E-state index is 0.0530. The lowest BCUT2D eigenvalue weighted by Gasteiger charge is -2.35. The van der Waals surface area contributed by atoms with Gasteiger partial charge in [-0.1, -0.05) is 6.07 Å². The molecule has 28 heavy (non-hydrogen) atoms. The molecule has 1 fully saturated rings. The number of nitrogens with zero attached hydrogens (tertiary/aromatic N) is 3. The Hall–Kier alpha value is -3.05. The van der Waals surface area contributed by atoms with Gasteiger partial charge in [0.05, 0.1) is 6.61 Å².